The second-order valence-corrected chi connectivity index (χ2v) is 10.2. The molecule has 0 atom stereocenters. The zero-order chi connectivity index (χ0) is 25.4. The third kappa shape index (κ3) is 6.83. The third-order valence-corrected chi connectivity index (χ3v) is 7.39. The molecule has 186 valence electrons. The molecule has 35 heavy (non-hydrogen) atoms. The Hall–Kier alpha value is -3.36. The SMILES string of the molecule is CCOc1ccc(S(=O)(=O)N(CC(=O)N(C)Cc2ccc(OC)cc2)Cc2ccccc2)cc1C. The van der Waals surface area contributed by atoms with Crippen LogP contribution in [0, 0.1) is 6.92 Å². The molecule has 3 aromatic rings. The molecule has 0 saturated carbocycles. The Morgan fingerprint density at radius 1 is 0.914 bits per heavy atom. The van der Waals surface area contributed by atoms with Crippen molar-refractivity contribution in [2.75, 3.05) is 27.3 Å². The number of aryl methyl sites for hydroxylation is 1. The Kier molecular flexibility index (Phi) is 8.89. The fourth-order valence-electron chi connectivity index (χ4n) is 3.63. The van der Waals surface area contributed by atoms with E-state index < -0.39 is 10.0 Å². The predicted molar refractivity (Wildman–Crippen MR) is 136 cm³/mol. The highest BCUT2D eigenvalue weighted by molar-refractivity contribution is 7.89. The highest BCUT2D eigenvalue weighted by Crippen LogP contribution is 2.25. The lowest BCUT2D eigenvalue weighted by Crippen LogP contribution is -2.41. The second kappa shape index (κ2) is 11.9. The first-order valence-electron chi connectivity index (χ1n) is 11.4. The molecule has 0 unspecified atom stereocenters. The van der Waals surface area contributed by atoms with Gasteiger partial charge in [-0.3, -0.25) is 4.79 Å². The number of rotatable bonds is 11. The Labute approximate surface area is 207 Å². The zero-order valence-electron chi connectivity index (χ0n) is 20.6. The topological polar surface area (TPSA) is 76.2 Å². The van der Waals surface area contributed by atoms with Crippen LogP contribution in [0.5, 0.6) is 11.5 Å². The quantitative estimate of drug-likeness (QED) is 0.397. The molecule has 0 radical (unpaired) electrons. The van der Waals surface area contributed by atoms with Crippen molar-refractivity contribution in [1.29, 1.82) is 0 Å². The lowest BCUT2D eigenvalue weighted by atomic mass is 10.2. The van der Waals surface area contributed by atoms with Gasteiger partial charge in [-0.15, -0.1) is 0 Å². The van der Waals surface area contributed by atoms with Crippen LogP contribution in [0.3, 0.4) is 0 Å². The maximum atomic E-state index is 13.6. The molecule has 3 aromatic carbocycles. The van der Waals surface area contributed by atoms with Crippen LogP contribution >= 0.6 is 0 Å². The molecular formula is C27H32N2O5S. The second-order valence-electron chi connectivity index (χ2n) is 8.22. The number of amides is 1. The fourth-order valence-corrected chi connectivity index (χ4v) is 5.09. The number of sulfonamides is 1. The van der Waals surface area contributed by atoms with E-state index in [0.29, 0.717) is 18.9 Å². The standard InChI is InChI=1S/C27H32N2O5S/c1-5-34-26-16-15-25(17-21(26)2)35(31,32)29(19-22-9-7-6-8-10-22)20-27(30)28(3)18-23-11-13-24(33-4)14-12-23/h6-17H,5,18-20H2,1-4H3. The predicted octanol–water partition coefficient (Wildman–Crippen LogP) is 4.25. The molecule has 7 nitrogen and oxygen atoms in total. The molecule has 0 spiro atoms. The monoisotopic (exact) mass is 496 g/mol. The number of carbonyl (C=O) groups is 1. The summed E-state index contributed by atoms with van der Waals surface area (Å²) in [4.78, 5) is 14.8. The average molecular weight is 497 g/mol. The molecule has 8 heteroatoms. The van der Waals surface area contributed by atoms with Gasteiger partial charge >= 0.3 is 0 Å². The summed E-state index contributed by atoms with van der Waals surface area (Å²) in [5.41, 5.74) is 2.43. The number of benzene rings is 3. The third-order valence-electron chi connectivity index (χ3n) is 5.60. The Bertz CT molecular complexity index is 1230. The van der Waals surface area contributed by atoms with Crippen molar-refractivity contribution in [2.45, 2.75) is 31.8 Å². The molecule has 0 aliphatic heterocycles. The van der Waals surface area contributed by atoms with Crippen LogP contribution in [-0.2, 0) is 27.9 Å². The fraction of sp³-hybridized carbons (Fsp3) is 0.296. The van der Waals surface area contributed by atoms with E-state index in [1.54, 1.807) is 33.2 Å². The molecule has 3 rings (SSSR count). The van der Waals surface area contributed by atoms with E-state index in [0.717, 1.165) is 22.4 Å². The van der Waals surface area contributed by atoms with Gasteiger partial charge in [0, 0.05) is 20.1 Å². The van der Waals surface area contributed by atoms with Crippen LogP contribution in [0.2, 0.25) is 0 Å². The summed E-state index contributed by atoms with van der Waals surface area (Å²) in [6, 6.07) is 21.4. The van der Waals surface area contributed by atoms with Crippen LogP contribution in [0.15, 0.2) is 77.7 Å². The van der Waals surface area contributed by atoms with Crippen LogP contribution in [-0.4, -0.2) is 50.8 Å². The average Bonchev–Trinajstić information content (AvgIpc) is 2.86. The molecule has 1 amide bonds. The Morgan fingerprint density at radius 2 is 1.57 bits per heavy atom. The summed E-state index contributed by atoms with van der Waals surface area (Å²) < 4.78 is 39.2. The smallest absolute Gasteiger partial charge is 0.243 e. The van der Waals surface area contributed by atoms with Crippen molar-refractivity contribution in [2.24, 2.45) is 0 Å². The Morgan fingerprint density at radius 3 is 2.17 bits per heavy atom. The van der Waals surface area contributed by atoms with E-state index in [4.69, 9.17) is 9.47 Å². The lowest BCUT2D eigenvalue weighted by molar-refractivity contribution is -0.130. The van der Waals surface area contributed by atoms with Crippen molar-refractivity contribution >= 4 is 15.9 Å². The normalized spacial score (nSPS) is 11.3. The van der Waals surface area contributed by atoms with E-state index >= 15 is 0 Å². The first-order valence-corrected chi connectivity index (χ1v) is 12.8. The summed E-state index contributed by atoms with van der Waals surface area (Å²) in [6.07, 6.45) is 0. The first-order chi connectivity index (χ1) is 16.7. The van der Waals surface area contributed by atoms with Gasteiger partial charge in [-0.05, 0) is 60.9 Å². The van der Waals surface area contributed by atoms with Gasteiger partial charge in [-0.1, -0.05) is 42.5 Å². The summed E-state index contributed by atoms with van der Waals surface area (Å²) in [5.74, 6) is 1.06. The molecule has 0 aliphatic carbocycles. The van der Waals surface area contributed by atoms with E-state index in [1.807, 2.05) is 61.5 Å². The van der Waals surface area contributed by atoms with Crippen LogP contribution in [0.25, 0.3) is 0 Å². The number of ether oxygens (including phenoxy) is 2. The largest absolute Gasteiger partial charge is 0.497 e. The van der Waals surface area contributed by atoms with E-state index in [2.05, 4.69) is 0 Å². The van der Waals surface area contributed by atoms with Crippen molar-refractivity contribution in [3.63, 3.8) is 0 Å². The van der Waals surface area contributed by atoms with Crippen molar-refractivity contribution < 1.29 is 22.7 Å². The molecule has 0 heterocycles. The van der Waals surface area contributed by atoms with Gasteiger partial charge in [0.25, 0.3) is 0 Å². The molecule has 0 saturated heterocycles. The summed E-state index contributed by atoms with van der Waals surface area (Å²) >= 11 is 0. The zero-order valence-corrected chi connectivity index (χ0v) is 21.4. The highest BCUT2D eigenvalue weighted by atomic mass is 32.2. The van der Waals surface area contributed by atoms with Gasteiger partial charge < -0.3 is 14.4 Å². The van der Waals surface area contributed by atoms with Crippen molar-refractivity contribution in [1.82, 2.24) is 9.21 Å². The van der Waals surface area contributed by atoms with Crippen molar-refractivity contribution in [3.05, 3.63) is 89.5 Å². The van der Waals surface area contributed by atoms with Gasteiger partial charge in [0.05, 0.1) is 25.2 Å². The van der Waals surface area contributed by atoms with Gasteiger partial charge in [0.2, 0.25) is 15.9 Å². The van der Waals surface area contributed by atoms with Crippen LogP contribution < -0.4 is 9.47 Å². The number of methoxy groups -OCH3 is 1. The Balaban J connectivity index is 1.84. The van der Waals surface area contributed by atoms with Gasteiger partial charge in [0.1, 0.15) is 11.5 Å². The number of likely N-dealkylation sites (N-methyl/N-ethyl adjacent to an activating group) is 1. The highest BCUT2D eigenvalue weighted by Gasteiger charge is 2.28. The lowest BCUT2D eigenvalue weighted by Gasteiger charge is -2.25. The molecule has 0 fully saturated rings. The minimum absolute atomic E-state index is 0.0809. The van der Waals surface area contributed by atoms with Crippen molar-refractivity contribution in [3.8, 4) is 11.5 Å². The summed E-state index contributed by atoms with van der Waals surface area (Å²) in [5, 5.41) is 0. The minimum atomic E-state index is -3.95. The van der Waals surface area contributed by atoms with Crippen LogP contribution in [0.1, 0.15) is 23.6 Å². The number of nitrogens with zero attached hydrogens (tertiary/aromatic N) is 2. The molecular weight excluding hydrogens is 464 g/mol. The maximum absolute atomic E-state index is 13.6. The van der Waals surface area contributed by atoms with Gasteiger partial charge in [-0.25, -0.2) is 8.42 Å². The summed E-state index contributed by atoms with van der Waals surface area (Å²) in [6.45, 7) is 4.32. The van der Waals surface area contributed by atoms with E-state index in [9.17, 15) is 13.2 Å². The van der Waals surface area contributed by atoms with Crippen LogP contribution in [0.4, 0.5) is 0 Å². The molecule has 0 aliphatic rings. The number of hydrogen-bond donors (Lipinski definition) is 0. The maximum Gasteiger partial charge on any atom is 0.243 e. The molecule has 0 aromatic heterocycles. The summed E-state index contributed by atoms with van der Waals surface area (Å²) in [7, 11) is -0.687. The number of carbonyl (C=O) groups excluding carboxylic acids is 1. The number of hydrogen-bond acceptors (Lipinski definition) is 5. The van der Waals surface area contributed by atoms with Gasteiger partial charge in [-0.2, -0.15) is 4.31 Å². The minimum Gasteiger partial charge on any atom is -0.497 e. The molecule has 0 bridgehead atoms. The van der Waals surface area contributed by atoms with E-state index in [1.165, 1.54) is 15.3 Å². The van der Waals surface area contributed by atoms with Gasteiger partial charge in [0.15, 0.2) is 0 Å². The molecule has 0 N–H and O–H groups in total. The first kappa shape index (κ1) is 26.2. The van der Waals surface area contributed by atoms with E-state index in [-0.39, 0.29) is 23.9 Å².